The van der Waals surface area contributed by atoms with Crippen LogP contribution in [0.4, 0.5) is 0 Å². The molecule has 1 aromatic rings. The Labute approximate surface area is 133 Å². The van der Waals surface area contributed by atoms with E-state index in [1.165, 1.54) is 11.1 Å². The second kappa shape index (κ2) is 8.18. The van der Waals surface area contributed by atoms with Gasteiger partial charge in [-0.05, 0) is 63.9 Å². The van der Waals surface area contributed by atoms with Crippen molar-refractivity contribution in [2.24, 2.45) is 5.92 Å². The van der Waals surface area contributed by atoms with E-state index in [2.05, 4.69) is 24.8 Å². The number of benzene rings is 1. The number of hydrogen-bond donors (Lipinski definition) is 0. The number of piperidine rings is 1. The molecule has 2 rings (SSSR count). The van der Waals surface area contributed by atoms with E-state index >= 15 is 0 Å². The van der Waals surface area contributed by atoms with Crippen LogP contribution in [0.5, 0.6) is 5.75 Å². The van der Waals surface area contributed by atoms with Gasteiger partial charge in [-0.3, -0.25) is 9.69 Å². The smallest absolute Gasteiger partial charge is 0.309 e. The third kappa shape index (κ3) is 4.47. The summed E-state index contributed by atoms with van der Waals surface area (Å²) in [6.07, 6.45) is 1.78. The van der Waals surface area contributed by atoms with E-state index < -0.39 is 0 Å². The quantitative estimate of drug-likeness (QED) is 0.758. The molecule has 122 valence electrons. The van der Waals surface area contributed by atoms with Gasteiger partial charge in [-0.1, -0.05) is 12.1 Å². The van der Waals surface area contributed by atoms with Gasteiger partial charge in [0, 0.05) is 6.54 Å². The molecule has 1 aliphatic heterocycles. The first kappa shape index (κ1) is 16.8. The lowest BCUT2D eigenvalue weighted by molar-refractivity contribution is -0.149. The second-order valence-electron chi connectivity index (χ2n) is 5.91. The van der Waals surface area contributed by atoms with Crippen molar-refractivity contribution in [1.82, 2.24) is 4.90 Å². The van der Waals surface area contributed by atoms with Gasteiger partial charge in [0.2, 0.25) is 0 Å². The van der Waals surface area contributed by atoms with Crippen LogP contribution in [0.25, 0.3) is 0 Å². The minimum Gasteiger partial charge on any atom is -0.492 e. The van der Waals surface area contributed by atoms with Gasteiger partial charge in [0.05, 0.1) is 12.5 Å². The van der Waals surface area contributed by atoms with E-state index in [4.69, 9.17) is 9.47 Å². The van der Waals surface area contributed by atoms with Crippen LogP contribution >= 0.6 is 0 Å². The number of aryl methyl sites for hydroxylation is 1. The zero-order valence-electron chi connectivity index (χ0n) is 13.9. The third-order valence-electron chi connectivity index (χ3n) is 4.43. The van der Waals surface area contributed by atoms with Crippen LogP contribution in [0.1, 0.15) is 30.9 Å². The molecule has 0 unspecified atom stereocenters. The zero-order valence-corrected chi connectivity index (χ0v) is 13.9. The van der Waals surface area contributed by atoms with Crippen LogP contribution in [-0.4, -0.2) is 43.7 Å². The summed E-state index contributed by atoms with van der Waals surface area (Å²) in [5.74, 6) is 1.02. The maximum Gasteiger partial charge on any atom is 0.309 e. The van der Waals surface area contributed by atoms with E-state index in [-0.39, 0.29) is 11.9 Å². The predicted octanol–water partition coefficient (Wildman–Crippen LogP) is 2.96. The number of ether oxygens (including phenoxy) is 2. The molecule has 0 radical (unpaired) electrons. The lowest BCUT2D eigenvalue weighted by atomic mass is 9.97. The maximum absolute atomic E-state index is 11.7. The van der Waals surface area contributed by atoms with Gasteiger partial charge < -0.3 is 9.47 Å². The summed E-state index contributed by atoms with van der Waals surface area (Å²) in [5.41, 5.74) is 2.47. The summed E-state index contributed by atoms with van der Waals surface area (Å²) in [6.45, 7) is 10.0. The van der Waals surface area contributed by atoms with Crippen LogP contribution < -0.4 is 4.74 Å². The third-order valence-corrected chi connectivity index (χ3v) is 4.43. The van der Waals surface area contributed by atoms with Gasteiger partial charge in [0.25, 0.3) is 0 Å². The normalized spacial score (nSPS) is 16.5. The lowest BCUT2D eigenvalue weighted by Gasteiger charge is -2.30. The molecule has 1 heterocycles. The standard InChI is InChI=1S/C18H27NO3/c1-4-21-18(20)16-8-10-19(11-9-16)12-13-22-17-7-5-6-14(2)15(17)3/h5-7,16H,4,8-13H2,1-3H3. The molecule has 1 aliphatic rings. The van der Waals surface area contributed by atoms with E-state index in [1.807, 2.05) is 19.1 Å². The van der Waals surface area contributed by atoms with Crippen molar-refractivity contribution in [3.8, 4) is 5.75 Å². The first-order valence-electron chi connectivity index (χ1n) is 8.19. The molecular weight excluding hydrogens is 278 g/mol. The number of hydrogen-bond acceptors (Lipinski definition) is 4. The van der Waals surface area contributed by atoms with E-state index in [0.29, 0.717) is 13.2 Å². The Bertz CT molecular complexity index is 493. The molecule has 0 N–H and O–H groups in total. The lowest BCUT2D eigenvalue weighted by Crippen LogP contribution is -2.39. The molecule has 1 saturated heterocycles. The van der Waals surface area contributed by atoms with Crippen LogP contribution in [0, 0.1) is 19.8 Å². The average molecular weight is 305 g/mol. The van der Waals surface area contributed by atoms with Crippen LogP contribution in [0.15, 0.2) is 18.2 Å². The minimum absolute atomic E-state index is 0.0335. The van der Waals surface area contributed by atoms with Gasteiger partial charge >= 0.3 is 5.97 Å². The second-order valence-corrected chi connectivity index (χ2v) is 5.91. The first-order chi connectivity index (χ1) is 10.6. The minimum atomic E-state index is -0.0335. The largest absolute Gasteiger partial charge is 0.492 e. The zero-order chi connectivity index (χ0) is 15.9. The number of likely N-dealkylation sites (tertiary alicyclic amines) is 1. The summed E-state index contributed by atoms with van der Waals surface area (Å²) in [7, 11) is 0. The van der Waals surface area contributed by atoms with Crippen LogP contribution in [0.2, 0.25) is 0 Å². The van der Waals surface area contributed by atoms with Crippen molar-refractivity contribution in [2.45, 2.75) is 33.6 Å². The number of rotatable bonds is 6. The monoisotopic (exact) mass is 305 g/mol. The number of carbonyl (C=O) groups is 1. The van der Waals surface area contributed by atoms with Gasteiger partial charge in [0.1, 0.15) is 12.4 Å². The van der Waals surface area contributed by atoms with Crippen molar-refractivity contribution < 1.29 is 14.3 Å². The SMILES string of the molecule is CCOC(=O)C1CCN(CCOc2cccc(C)c2C)CC1. The molecule has 0 bridgehead atoms. The number of nitrogens with zero attached hydrogens (tertiary/aromatic N) is 1. The number of carbonyl (C=O) groups excluding carboxylic acids is 1. The summed E-state index contributed by atoms with van der Waals surface area (Å²) in [5, 5.41) is 0. The van der Waals surface area contributed by atoms with Crippen molar-refractivity contribution in [1.29, 1.82) is 0 Å². The Morgan fingerprint density at radius 2 is 2.00 bits per heavy atom. The van der Waals surface area contributed by atoms with E-state index in [1.54, 1.807) is 0 Å². The Morgan fingerprint density at radius 1 is 1.27 bits per heavy atom. The van der Waals surface area contributed by atoms with Crippen molar-refractivity contribution in [3.63, 3.8) is 0 Å². The Morgan fingerprint density at radius 3 is 2.68 bits per heavy atom. The fourth-order valence-corrected chi connectivity index (χ4v) is 2.82. The Kier molecular flexibility index (Phi) is 6.25. The number of esters is 1. The highest BCUT2D eigenvalue weighted by Crippen LogP contribution is 2.21. The molecule has 0 amide bonds. The molecule has 0 aliphatic carbocycles. The van der Waals surface area contributed by atoms with Crippen molar-refractivity contribution in [2.75, 3.05) is 32.8 Å². The van der Waals surface area contributed by atoms with Crippen molar-refractivity contribution in [3.05, 3.63) is 29.3 Å². The Hall–Kier alpha value is -1.55. The first-order valence-corrected chi connectivity index (χ1v) is 8.19. The summed E-state index contributed by atoms with van der Waals surface area (Å²) < 4.78 is 11.0. The van der Waals surface area contributed by atoms with Gasteiger partial charge in [-0.25, -0.2) is 0 Å². The van der Waals surface area contributed by atoms with Crippen LogP contribution in [-0.2, 0) is 9.53 Å². The van der Waals surface area contributed by atoms with E-state index in [9.17, 15) is 4.79 Å². The van der Waals surface area contributed by atoms with Crippen molar-refractivity contribution >= 4 is 5.97 Å². The highest BCUT2D eigenvalue weighted by Gasteiger charge is 2.25. The molecule has 1 fully saturated rings. The molecule has 4 nitrogen and oxygen atoms in total. The molecule has 0 saturated carbocycles. The van der Waals surface area contributed by atoms with Gasteiger partial charge in [-0.15, -0.1) is 0 Å². The van der Waals surface area contributed by atoms with E-state index in [0.717, 1.165) is 38.2 Å². The molecule has 4 heteroatoms. The molecule has 0 spiro atoms. The van der Waals surface area contributed by atoms with Gasteiger partial charge in [-0.2, -0.15) is 0 Å². The summed E-state index contributed by atoms with van der Waals surface area (Å²) >= 11 is 0. The molecule has 0 atom stereocenters. The summed E-state index contributed by atoms with van der Waals surface area (Å²) in [4.78, 5) is 14.1. The van der Waals surface area contributed by atoms with Crippen LogP contribution in [0.3, 0.4) is 0 Å². The molecule has 22 heavy (non-hydrogen) atoms. The average Bonchev–Trinajstić information content (AvgIpc) is 2.52. The fraction of sp³-hybridized carbons (Fsp3) is 0.611. The highest BCUT2D eigenvalue weighted by atomic mass is 16.5. The molecule has 1 aromatic carbocycles. The van der Waals surface area contributed by atoms with Gasteiger partial charge in [0.15, 0.2) is 0 Å². The molecular formula is C18H27NO3. The highest BCUT2D eigenvalue weighted by molar-refractivity contribution is 5.72. The topological polar surface area (TPSA) is 38.8 Å². The fourth-order valence-electron chi connectivity index (χ4n) is 2.82. The predicted molar refractivity (Wildman–Crippen MR) is 87.2 cm³/mol. The molecule has 0 aromatic heterocycles. The summed E-state index contributed by atoms with van der Waals surface area (Å²) in [6, 6.07) is 6.15. The Balaban J connectivity index is 1.71. The maximum atomic E-state index is 11.7.